The van der Waals surface area contributed by atoms with E-state index in [2.05, 4.69) is 4.98 Å². The number of nitriles is 1. The lowest BCUT2D eigenvalue weighted by Crippen LogP contribution is -2.56. The van der Waals surface area contributed by atoms with Gasteiger partial charge in [-0.05, 0) is 43.2 Å². The van der Waals surface area contributed by atoms with E-state index in [1.54, 1.807) is 24.3 Å². The monoisotopic (exact) mass is 343 g/mol. The van der Waals surface area contributed by atoms with Crippen molar-refractivity contribution in [1.82, 2.24) is 9.29 Å². The topological polar surface area (TPSA) is 83.3 Å². The van der Waals surface area contributed by atoms with Crippen molar-refractivity contribution in [3.8, 4) is 11.9 Å². The van der Waals surface area contributed by atoms with E-state index in [-0.39, 0.29) is 19.2 Å². The van der Waals surface area contributed by atoms with Crippen molar-refractivity contribution >= 4 is 10.0 Å². The van der Waals surface area contributed by atoms with Crippen molar-refractivity contribution in [2.75, 3.05) is 13.1 Å². The number of ether oxygens (including phenoxy) is 1. The molecule has 2 heterocycles. The van der Waals surface area contributed by atoms with Crippen LogP contribution in [0.15, 0.2) is 41.4 Å². The van der Waals surface area contributed by atoms with Gasteiger partial charge in [0.1, 0.15) is 12.2 Å². The van der Waals surface area contributed by atoms with Gasteiger partial charge in [0.2, 0.25) is 15.9 Å². The van der Waals surface area contributed by atoms with Crippen LogP contribution in [0.25, 0.3) is 0 Å². The number of aryl methyl sites for hydroxylation is 2. The van der Waals surface area contributed by atoms with Crippen LogP contribution in [-0.2, 0) is 10.0 Å². The molecule has 1 saturated heterocycles. The molecule has 0 atom stereocenters. The molecule has 6 nitrogen and oxygen atoms in total. The highest BCUT2D eigenvalue weighted by Crippen LogP contribution is 2.25. The van der Waals surface area contributed by atoms with Gasteiger partial charge in [-0.25, -0.2) is 13.4 Å². The molecule has 1 aromatic carbocycles. The van der Waals surface area contributed by atoms with Crippen molar-refractivity contribution in [2.24, 2.45) is 0 Å². The second kappa shape index (κ2) is 6.23. The molecule has 124 valence electrons. The molecule has 1 aliphatic rings. The molecule has 0 amide bonds. The normalized spacial score (nSPS) is 15.5. The maximum Gasteiger partial charge on any atom is 0.243 e. The zero-order valence-corrected chi connectivity index (χ0v) is 14.2. The molecule has 0 spiro atoms. The van der Waals surface area contributed by atoms with Gasteiger partial charge in [-0.3, -0.25) is 0 Å². The minimum absolute atomic E-state index is 0.230. The molecule has 0 bridgehead atoms. The first-order chi connectivity index (χ1) is 11.4. The first-order valence-corrected chi connectivity index (χ1v) is 8.94. The number of pyridine rings is 1. The molecule has 7 heteroatoms. The zero-order chi connectivity index (χ0) is 17.3. The molecule has 0 aliphatic carbocycles. The van der Waals surface area contributed by atoms with Gasteiger partial charge >= 0.3 is 0 Å². The van der Waals surface area contributed by atoms with E-state index in [0.29, 0.717) is 16.3 Å². The van der Waals surface area contributed by atoms with Crippen molar-refractivity contribution in [3.63, 3.8) is 0 Å². The van der Waals surface area contributed by atoms with Gasteiger partial charge in [-0.1, -0.05) is 6.07 Å². The highest BCUT2D eigenvalue weighted by molar-refractivity contribution is 7.89. The van der Waals surface area contributed by atoms with Crippen LogP contribution < -0.4 is 4.74 Å². The molecule has 0 saturated carbocycles. The van der Waals surface area contributed by atoms with Gasteiger partial charge in [-0.15, -0.1) is 0 Å². The fraction of sp³-hybridized carbons (Fsp3) is 0.294. The van der Waals surface area contributed by atoms with E-state index in [9.17, 15) is 8.42 Å². The third-order valence-corrected chi connectivity index (χ3v) is 5.91. The average Bonchev–Trinajstić information content (AvgIpc) is 2.53. The summed E-state index contributed by atoms with van der Waals surface area (Å²) in [5, 5.41) is 8.73. The lowest BCUT2D eigenvalue weighted by molar-refractivity contribution is 0.0721. The number of sulfonamides is 1. The molecule has 0 N–H and O–H groups in total. The van der Waals surface area contributed by atoms with Gasteiger partial charge in [0.05, 0.1) is 23.5 Å². The van der Waals surface area contributed by atoms with Crippen molar-refractivity contribution < 1.29 is 13.2 Å². The Bertz CT molecular complexity index is 896. The Morgan fingerprint density at radius 3 is 2.54 bits per heavy atom. The van der Waals surface area contributed by atoms with Crippen molar-refractivity contribution in [3.05, 3.63) is 53.2 Å². The van der Waals surface area contributed by atoms with Crippen molar-refractivity contribution in [2.45, 2.75) is 24.8 Å². The number of hydrogen-bond acceptors (Lipinski definition) is 5. The molecule has 0 radical (unpaired) electrons. The number of benzene rings is 1. The second-order valence-electron chi connectivity index (χ2n) is 5.80. The lowest BCUT2D eigenvalue weighted by atomic mass is 10.1. The molecule has 24 heavy (non-hydrogen) atoms. The largest absolute Gasteiger partial charge is 0.472 e. The van der Waals surface area contributed by atoms with Crippen LogP contribution in [0.3, 0.4) is 0 Å². The van der Waals surface area contributed by atoms with Crippen LogP contribution >= 0.6 is 0 Å². The van der Waals surface area contributed by atoms with Crippen LogP contribution in [0.5, 0.6) is 5.88 Å². The van der Waals surface area contributed by atoms with Gasteiger partial charge < -0.3 is 4.74 Å². The minimum Gasteiger partial charge on any atom is -0.472 e. The van der Waals surface area contributed by atoms with Gasteiger partial charge in [-0.2, -0.15) is 9.57 Å². The third kappa shape index (κ3) is 3.11. The molecule has 1 fully saturated rings. The molecular formula is C17H17N3O3S. The fourth-order valence-electron chi connectivity index (χ4n) is 2.38. The predicted octanol–water partition coefficient (Wildman–Crippen LogP) is 2.02. The first-order valence-electron chi connectivity index (χ1n) is 7.50. The summed E-state index contributed by atoms with van der Waals surface area (Å²) in [6.07, 6.45) is 1.20. The van der Waals surface area contributed by atoms with Gasteiger partial charge in [0.25, 0.3) is 0 Å². The molecule has 3 rings (SSSR count). The van der Waals surface area contributed by atoms with Crippen LogP contribution in [0.4, 0.5) is 0 Å². The highest BCUT2D eigenvalue weighted by Gasteiger charge is 2.38. The summed E-state index contributed by atoms with van der Waals surface area (Å²) in [5.41, 5.74) is 2.46. The van der Waals surface area contributed by atoms with Crippen LogP contribution in [0, 0.1) is 25.2 Å². The molecule has 1 aliphatic heterocycles. The van der Waals surface area contributed by atoms with E-state index in [1.165, 1.54) is 10.5 Å². The Morgan fingerprint density at radius 2 is 1.96 bits per heavy atom. The summed E-state index contributed by atoms with van der Waals surface area (Å²) in [4.78, 5) is 4.33. The maximum absolute atomic E-state index is 12.6. The Balaban J connectivity index is 1.64. The Morgan fingerprint density at radius 1 is 1.21 bits per heavy atom. The molecular weight excluding hydrogens is 326 g/mol. The Hall–Kier alpha value is -2.43. The first kappa shape index (κ1) is 16.4. The van der Waals surface area contributed by atoms with E-state index in [0.717, 1.165) is 11.1 Å². The second-order valence-corrected chi connectivity index (χ2v) is 7.74. The smallest absolute Gasteiger partial charge is 0.243 e. The highest BCUT2D eigenvalue weighted by atomic mass is 32.2. The Kier molecular flexibility index (Phi) is 4.26. The summed E-state index contributed by atoms with van der Waals surface area (Å²) in [7, 11) is -3.49. The predicted molar refractivity (Wildman–Crippen MR) is 88.0 cm³/mol. The van der Waals surface area contributed by atoms with Crippen LogP contribution in [-0.4, -0.2) is 36.9 Å². The van der Waals surface area contributed by atoms with Crippen molar-refractivity contribution in [1.29, 1.82) is 5.26 Å². The van der Waals surface area contributed by atoms with Gasteiger partial charge in [0, 0.05) is 12.3 Å². The van der Waals surface area contributed by atoms with E-state index in [1.807, 2.05) is 26.0 Å². The van der Waals surface area contributed by atoms with Crippen LogP contribution in [0.1, 0.15) is 16.7 Å². The molecule has 0 unspecified atom stereocenters. The summed E-state index contributed by atoms with van der Waals surface area (Å²) in [6.45, 7) is 4.42. The maximum atomic E-state index is 12.6. The number of hydrogen-bond donors (Lipinski definition) is 0. The summed E-state index contributed by atoms with van der Waals surface area (Å²) in [5.74, 6) is 0.391. The fourth-order valence-corrected chi connectivity index (χ4v) is 3.97. The number of nitrogens with zero attached hydrogens (tertiary/aromatic N) is 3. The van der Waals surface area contributed by atoms with E-state index < -0.39 is 10.0 Å². The summed E-state index contributed by atoms with van der Waals surface area (Å²) in [6, 6.07) is 10.4. The minimum atomic E-state index is -3.49. The summed E-state index contributed by atoms with van der Waals surface area (Å²) < 4.78 is 32.2. The zero-order valence-electron chi connectivity index (χ0n) is 13.4. The molecule has 1 aromatic heterocycles. The number of rotatable bonds is 4. The summed E-state index contributed by atoms with van der Waals surface area (Å²) >= 11 is 0. The van der Waals surface area contributed by atoms with E-state index in [4.69, 9.17) is 10.00 Å². The number of aromatic nitrogens is 1. The lowest BCUT2D eigenvalue weighted by Gasteiger charge is -2.37. The third-order valence-electron chi connectivity index (χ3n) is 4.08. The SMILES string of the molecule is Cc1ccc(S(=O)(=O)N2CC(Oc3ccc(C#N)cn3)C2)cc1C. The Labute approximate surface area is 141 Å². The molecule has 2 aromatic rings. The van der Waals surface area contributed by atoms with Gasteiger partial charge in [0.15, 0.2) is 0 Å². The quantitative estimate of drug-likeness (QED) is 0.848. The average molecular weight is 343 g/mol. The van der Waals surface area contributed by atoms with Crippen LogP contribution in [0.2, 0.25) is 0 Å². The van der Waals surface area contributed by atoms with E-state index >= 15 is 0 Å². The standard InChI is InChI=1S/C17H17N3O3S/c1-12-3-5-16(7-13(12)2)24(21,22)20-10-15(11-20)23-17-6-4-14(8-18)9-19-17/h3-7,9,15H,10-11H2,1-2H3.